The predicted octanol–water partition coefficient (Wildman–Crippen LogP) is 2.55. The summed E-state index contributed by atoms with van der Waals surface area (Å²) in [6, 6.07) is 1.06. The topological polar surface area (TPSA) is 50.2 Å². The highest BCUT2D eigenvalue weighted by atomic mass is 79.9. The Kier molecular flexibility index (Phi) is 3.67. The van der Waals surface area contributed by atoms with E-state index in [2.05, 4.69) is 20.9 Å². The van der Waals surface area contributed by atoms with Crippen molar-refractivity contribution in [3.63, 3.8) is 0 Å². The monoisotopic (exact) mass is 283 g/mol. The first-order chi connectivity index (χ1) is 6.91. The number of halogens is 4. The van der Waals surface area contributed by atoms with Crippen LogP contribution in [0.3, 0.4) is 0 Å². The lowest BCUT2D eigenvalue weighted by Gasteiger charge is -2.05. The molecule has 0 aliphatic carbocycles. The van der Waals surface area contributed by atoms with Crippen LogP contribution in [0.2, 0.25) is 0 Å². The van der Waals surface area contributed by atoms with E-state index in [0.29, 0.717) is 0 Å². The van der Waals surface area contributed by atoms with Crippen molar-refractivity contribution in [1.82, 2.24) is 4.98 Å². The fourth-order valence-corrected chi connectivity index (χ4v) is 1.43. The zero-order chi connectivity index (χ0) is 11.6. The van der Waals surface area contributed by atoms with Crippen LogP contribution in [0.4, 0.5) is 13.2 Å². The Morgan fingerprint density at radius 1 is 1.60 bits per heavy atom. The van der Waals surface area contributed by atoms with E-state index in [1.807, 2.05) is 0 Å². The highest BCUT2D eigenvalue weighted by molar-refractivity contribution is 9.10. The molecule has 0 saturated heterocycles. The highest BCUT2D eigenvalue weighted by Gasteiger charge is 2.19. The van der Waals surface area contributed by atoms with Gasteiger partial charge in [-0.05, 0) is 22.0 Å². The van der Waals surface area contributed by atoms with Crippen molar-refractivity contribution in [3.05, 3.63) is 27.7 Å². The van der Waals surface area contributed by atoms with Crippen LogP contribution in [0, 0.1) is 5.82 Å². The van der Waals surface area contributed by atoms with Crippen molar-refractivity contribution < 1.29 is 23.1 Å². The molecule has 0 bridgehead atoms. The van der Waals surface area contributed by atoms with E-state index in [-0.39, 0.29) is 10.2 Å². The zero-order valence-electron chi connectivity index (χ0n) is 7.18. The molecule has 82 valence electrons. The van der Waals surface area contributed by atoms with E-state index in [1.54, 1.807) is 0 Å². The van der Waals surface area contributed by atoms with Crippen molar-refractivity contribution in [3.8, 4) is 0 Å². The molecule has 0 unspecified atom stereocenters. The molecule has 15 heavy (non-hydrogen) atoms. The van der Waals surface area contributed by atoms with E-state index >= 15 is 0 Å². The average molecular weight is 284 g/mol. The number of nitrogens with zero attached hydrogens (tertiary/aromatic N) is 1. The van der Waals surface area contributed by atoms with Crippen molar-refractivity contribution in [2.24, 2.45) is 0 Å². The first-order valence-electron chi connectivity index (χ1n) is 3.76. The van der Waals surface area contributed by atoms with Gasteiger partial charge in [0.15, 0.2) is 5.82 Å². The van der Waals surface area contributed by atoms with Crippen LogP contribution >= 0.6 is 15.9 Å². The summed E-state index contributed by atoms with van der Waals surface area (Å²) in [6.45, 7) is 0. The Bertz CT molecular complexity index is 398. The fraction of sp³-hybridized carbons (Fsp3) is 0.250. The Labute approximate surface area is 91.1 Å². The first-order valence-corrected chi connectivity index (χ1v) is 4.56. The van der Waals surface area contributed by atoms with E-state index in [1.165, 1.54) is 0 Å². The third-order valence-electron chi connectivity index (χ3n) is 1.53. The third kappa shape index (κ3) is 2.92. The number of carboxylic acid groups (broad SMARTS) is 1. The lowest BCUT2D eigenvalue weighted by molar-refractivity contribution is -0.136. The van der Waals surface area contributed by atoms with E-state index in [4.69, 9.17) is 5.11 Å². The van der Waals surface area contributed by atoms with Crippen LogP contribution in [0.15, 0.2) is 10.5 Å². The highest BCUT2D eigenvalue weighted by Crippen LogP contribution is 2.26. The Morgan fingerprint density at radius 2 is 2.20 bits per heavy atom. The molecule has 3 nitrogen and oxygen atoms in total. The quantitative estimate of drug-likeness (QED) is 0.928. The molecule has 1 aromatic rings. The van der Waals surface area contributed by atoms with Gasteiger partial charge in [-0.1, -0.05) is 0 Å². The number of aliphatic carboxylic acids is 1. The van der Waals surface area contributed by atoms with Crippen LogP contribution in [0.25, 0.3) is 0 Å². The molecule has 0 saturated carbocycles. The molecular formula is C8H5BrF3NO2. The maximum absolute atomic E-state index is 13.0. The molecule has 0 aromatic carbocycles. The minimum atomic E-state index is -3.07. The van der Waals surface area contributed by atoms with Gasteiger partial charge in [-0.25, -0.2) is 18.2 Å². The summed E-state index contributed by atoms with van der Waals surface area (Å²) < 4.78 is 37.3. The van der Waals surface area contributed by atoms with Gasteiger partial charge in [0.2, 0.25) is 0 Å². The lowest BCUT2D eigenvalue weighted by atomic mass is 10.2. The van der Waals surface area contributed by atoms with E-state index in [9.17, 15) is 18.0 Å². The lowest BCUT2D eigenvalue weighted by Crippen LogP contribution is -2.06. The summed E-state index contributed by atoms with van der Waals surface area (Å²) in [7, 11) is 0. The molecule has 1 N–H and O–H groups in total. The number of carbonyl (C=O) groups is 1. The van der Waals surface area contributed by atoms with Gasteiger partial charge in [0.1, 0.15) is 5.69 Å². The third-order valence-corrected chi connectivity index (χ3v) is 2.11. The molecule has 0 spiro atoms. The molecule has 1 rings (SSSR count). The molecule has 1 heterocycles. The van der Waals surface area contributed by atoms with Gasteiger partial charge in [0.25, 0.3) is 6.43 Å². The second-order valence-electron chi connectivity index (χ2n) is 2.67. The summed E-state index contributed by atoms with van der Waals surface area (Å²) in [5.74, 6) is -2.39. The van der Waals surface area contributed by atoms with Crippen LogP contribution in [-0.2, 0) is 11.2 Å². The second kappa shape index (κ2) is 4.61. The molecule has 0 aliphatic heterocycles. The normalized spacial score (nSPS) is 10.7. The molecular weight excluding hydrogens is 279 g/mol. The zero-order valence-corrected chi connectivity index (χ0v) is 8.76. The van der Waals surface area contributed by atoms with Gasteiger partial charge in [-0.15, -0.1) is 0 Å². The fourth-order valence-electron chi connectivity index (χ4n) is 0.958. The Hall–Kier alpha value is -1.11. The van der Waals surface area contributed by atoms with Crippen LogP contribution < -0.4 is 0 Å². The Balaban J connectivity index is 3.17. The average Bonchev–Trinajstić information content (AvgIpc) is 2.09. The summed E-state index contributed by atoms with van der Waals surface area (Å²) in [4.78, 5) is 13.5. The first kappa shape index (κ1) is 12.0. The maximum Gasteiger partial charge on any atom is 0.309 e. The number of hydrogen-bond donors (Lipinski definition) is 1. The number of aromatic nitrogens is 1. The van der Waals surface area contributed by atoms with Crippen molar-refractivity contribution >= 4 is 21.9 Å². The number of alkyl halides is 2. The van der Waals surface area contributed by atoms with Gasteiger partial charge < -0.3 is 5.11 Å². The molecule has 0 radical (unpaired) electrons. The molecule has 0 amide bonds. The summed E-state index contributed by atoms with van der Waals surface area (Å²) in [6.07, 6.45) is -3.60. The summed E-state index contributed by atoms with van der Waals surface area (Å²) >= 11 is 2.71. The number of carboxylic acids is 1. The molecule has 0 atom stereocenters. The minimum absolute atomic E-state index is 0.119. The van der Waals surface area contributed by atoms with Gasteiger partial charge >= 0.3 is 5.97 Å². The number of hydrogen-bond acceptors (Lipinski definition) is 2. The smallest absolute Gasteiger partial charge is 0.309 e. The van der Waals surface area contributed by atoms with Crippen molar-refractivity contribution in [2.75, 3.05) is 0 Å². The van der Waals surface area contributed by atoms with Gasteiger partial charge in [0.05, 0.1) is 16.6 Å². The maximum atomic E-state index is 13.0. The second-order valence-corrected chi connectivity index (χ2v) is 3.52. The largest absolute Gasteiger partial charge is 0.481 e. The number of pyridine rings is 1. The Morgan fingerprint density at radius 3 is 2.67 bits per heavy atom. The van der Waals surface area contributed by atoms with Crippen molar-refractivity contribution in [2.45, 2.75) is 12.8 Å². The SMILES string of the molecule is O=C(O)Cc1cc(Br)c(F)c(C(F)F)n1. The van der Waals surface area contributed by atoms with E-state index in [0.717, 1.165) is 6.07 Å². The van der Waals surface area contributed by atoms with Crippen LogP contribution in [0.1, 0.15) is 17.8 Å². The molecule has 0 aliphatic rings. The van der Waals surface area contributed by atoms with Gasteiger partial charge in [0, 0.05) is 0 Å². The van der Waals surface area contributed by atoms with Crippen molar-refractivity contribution in [1.29, 1.82) is 0 Å². The summed E-state index contributed by atoms with van der Waals surface area (Å²) in [5, 5.41) is 8.42. The summed E-state index contributed by atoms with van der Waals surface area (Å²) in [5.41, 5.74) is -1.16. The van der Waals surface area contributed by atoms with E-state index < -0.39 is 30.3 Å². The van der Waals surface area contributed by atoms with Crippen LogP contribution in [0.5, 0.6) is 0 Å². The molecule has 1 aromatic heterocycles. The number of rotatable bonds is 3. The minimum Gasteiger partial charge on any atom is -0.481 e. The van der Waals surface area contributed by atoms with Gasteiger partial charge in [-0.3, -0.25) is 4.79 Å². The predicted molar refractivity (Wildman–Crippen MR) is 48.2 cm³/mol. The molecule has 7 heteroatoms. The van der Waals surface area contributed by atoms with Gasteiger partial charge in [-0.2, -0.15) is 0 Å². The molecule has 0 fully saturated rings. The standard InChI is InChI=1S/C8H5BrF3NO2/c9-4-1-3(2-5(14)15)13-7(6(4)10)8(11)12/h1,8H,2H2,(H,14,15). The van der Waals surface area contributed by atoms with Crippen LogP contribution in [-0.4, -0.2) is 16.1 Å².